The van der Waals surface area contributed by atoms with E-state index in [0.29, 0.717) is 11.7 Å². The van der Waals surface area contributed by atoms with Crippen molar-refractivity contribution in [2.75, 3.05) is 33.1 Å². The molecule has 2 aromatic rings. The lowest BCUT2D eigenvalue weighted by Crippen LogP contribution is -2.52. The molecule has 3 atom stereocenters. The number of nitrogens with one attached hydrogen (secondary N) is 2. The molecule has 1 heterocycles. The lowest BCUT2D eigenvalue weighted by Gasteiger charge is -2.45. The van der Waals surface area contributed by atoms with Gasteiger partial charge in [-0.05, 0) is 75.2 Å². The monoisotopic (exact) mass is 463 g/mol. The standard InChI is InChI=1S/C24H30FN3O3.ClH/c1-28-12-11-24(16-7-8-20(30-2)21(13-16)31-3)10-9-19(15-22(24)28)27-23(29)26-18-6-4-5-17(25)14-18;/h4-8,13-14,19,22H,9-12,15H2,1-3H3,(H2,26,27,29);1H/t19-,22+,24+;/m1./s1. The number of nitrogens with zero attached hydrogens (tertiary/aromatic N) is 1. The van der Waals surface area contributed by atoms with Crippen molar-refractivity contribution in [2.45, 2.75) is 43.2 Å². The molecule has 2 aromatic carbocycles. The largest absolute Gasteiger partial charge is 0.493 e. The maximum absolute atomic E-state index is 13.4. The Morgan fingerprint density at radius 3 is 2.62 bits per heavy atom. The zero-order valence-electron chi connectivity index (χ0n) is 18.7. The van der Waals surface area contributed by atoms with Crippen molar-refractivity contribution in [1.29, 1.82) is 0 Å². The van der Waals surface area contributed by atoms with Crippen LogP contribution in [-0.4, -0.2) is 50.8 Å². The van der Waals surface area contributed by atoms with Crippen molar-refractivity contribution in [1.82, 2.24) is 10.2 Å². The third kappa shape index (κ3) is 4.64. The number of benzene rings is 2. The fourth-order valence-corrected chi connectivity index (χ4v) is 5.31. The third-order valence-corrected chi connectivity index (χ3v) is 6.90. The van der Waals surface area contributed by atoms with Gasteiger partial charge in [0, 0.05) is 23.2 Å². The van der Waals surface area contributed by atoms with E-state index in [1.54, 1.807) is 26.4 Å². The molecule has 174 valence electrons. The van der Waals surface area contributed by atoms with Gasteiger partial charge in [0.05, 0.1) is 14.2 Å². The topological polar surface area (TPSA) is 62.8 Å². The van der Waals surface area contributed by atoms with Crippen molar-refractivity contribution in [3.05, 3.63) is 53.8 Å². The van der Waals surface area contributed by atoms with Crippen molar-refractivity contribution in [3.63, 3.8) is 0 Å². The summed E-state index contributed by atoms with van der Waals surface area (Å²) >= 11 is 0. The number of halogens is 2. The number of methoxy groups -OCH3 is 2. The minimum atomic E-state index is -0.372. The first-order valence-electron chi connectivity index (χ1n) is 10.7. The van der Waals surface area contributed by atoms with Crippen LogP contribution < -0.4 is 20.1 Å². The van der Waals surface area contributed by atoms with Gasteiger partial charge in [0.25, 0.3) is 0 Å². The Kier molecular flexibility index (Phi) is 7.51. The Labute approximate surface area is 194 Å². The number of likely N-dealkylation sites (N-methyl/N-ethyl adjacent to an activating group) is 1. The highest BCUT2D eigenvalue weighted by Gasteiger charge is 2.50. The number of carbonyl (C=O) groups excluding carboxylic acids is 1. The van der Waals surface area contributed by atoms with Gasteiger partial charge in [-0.1, -0.05) is 12.1 Å². The molecule has 4 rings (SSSR count). The second-order valence-electron chi connectivity index (χ2n) is 8.55. The zero-order chi connectivity index (χ0) is 22.0. The van der Waals surface area contributed by atoms with Crippen molar-refractivity contribution < 1.29 is 18.7 Å². The first-order chi connectivity index (χ1) is 14.9. The molecule has 32 heavy (non-hydrogen) atoms. The average Bonchev–Trinajstić information content (AvgIpc) is 3.10. The Morgan fingerprint density at radius 1 is 1.12 bits per heavy atom. The average molecular weight is 464 g/mol. The van der Waals surface area contributed by atoms with Gasteiger partial charge in [-0.2, -0.15) is 0 Å². The lowest BCUT2D eigenvalue weighted by atomic mass is 9.65. The molecule has 0 unspecified atom stereocenters. The number of fused-ring (bicyclic) bond motifs is 1. The van der Waals surface area contributed by atoms with E-state index in [4.69, 9.17) is 9.47 Å². The smallest absolute Gasteiger partial charge is 0.319 e. The molecule has 0 bridgehead atoms. The van der Waals surface area contributed by atoms with Crippen LogP contribution >= 0.6 is 12.4 Å². The predicted octanol–water partition coefficient (Wildman–Crippen LogP) is 4.58. The van der Waals surface area contributed by atoms with E-state index in [9.17, 15) is 9.18 Å². The van der Waals surface area contributed by atoms with Gasteiger partial charge < -0.3 is 25.0 Å². The summed E-state index contributed by atoms with van der Waals surface area (Å²) in [6.07, 6.45) is 3.80. The van der Waals surface area contributed by atoms with E-state index in [2.05, 4.69) is 34.7 Å². The Hall–Kier alpha value is -2.51. The molecule has 6 nitrogen and oxygen atoms in total. The van der Waals surface area contributed by atoms with Crippen LogP contribution in [0.3, 0.4) is 0 Å². The quantitative estimate of drug-likeness (QED) is 0.681. The number of urea groups is 1. The van der Waals surface area contributed by atoms with Crippen LogP contribution in [0.5, 0.6) is 11.5 Å². The van der Waals surface area contributed by atoms with Gasteiger partial charge in [-0.15, -0.1) is 12.4 Å². The van der Waals surface area contributed by atoms with Crippen molar-refractivity contribution >= 4 is 24.1 Å². The number of anilines is 1. The van der Waals surface area contributed by atoms with E-state index in [1.165, 1.54) is 17.7 Å². The highest BCUT2D eigenvalue weighted by molar-refractivity contribution is 5.89. The van der Waals surface area contributed by atoms with Crippen molar-refractivity contribution in [2.24, 2.45) is 0 Å². The SMILES string of the molecule is COc1ccc([C@@]23CC[C@@H](NC(=O)Nc4cccc(F)c4)C[C@@H]2N(C)CC3)cc1OC.Cl. The summed E-state index contributed by atoms with van der Waals surface area (Å²) in [4.78, 5) is 14.9. The molecule has 1 saturated carbocycles. The Balaban J connectivity index is 0.00000289. The minimum absolute atomic E-state index is 0. The molecule has 2 fully saturated rings. The van der Waals surface area contributed by atoms with Gasteiger partial charge >= 0.3 is 6.03 Å². The molecule has 0 spiro atoms. The normalized spacial score (nSPS) is 24.8. The van der Waals surface area contributed by atoms with Gasteiger partial charge in [-0.25, -0.2) is 9.18 Å². The number of rotatable bonds is 5. The van der Waals surface area contributed by atoms with Crippen LogP contribution in [0, 0.1) is 5.82 Å². The minimum Gasteiger partial charge on any atom is -0.493 e. The first kappa shape index (κ1) is 24.1. The molecule has 8 heteroatoms. The summed E-state index contributed by atoms with van der Waals surface area (Å²) in [5, 5.41) is 5.82. The summed E-state index contributed by atoms with van der Waals surface area (Å²) in [7, 11) is 5.46. The van der Waals surface area contributed by atoms with E-state index in [1.807, 2.05) is 6.07 Å². The Morgan fingerprint density at radius 2 is 1.91 bits per heavy atom. The fraction of sp³-hybridized carbons (Fsp3) is 0.458. The molecule has 2 N–H and O–H groups in total. The molecule has 1 saturated heterocycles. The second-order valence-corrected chi connectivity index (χ2v) is 8.55. The third-order valence-electron chi connectivity index (χ3n) is 6.90. The van der Waals surface area contributed by atoms with Crippen LogP contribution in [0.2, 0.25) is 0 Å². The molecule has 1 aliphatic carbocycles. The summed E-state index contributed by atoms with van der Waals surface area (Å²) in [6.45, 7) is 1.02. The molecule has 2 aliphatic rings. The van der Waals surface area contributed by atoms with Gasteiger partial charge in [0.1, 0.15) is 5.82 Å². The maximum atomic E-state index is 13.4. The van der Waals surface area contributed by atoms with Crippen molar-refractivity contribution in [3.8, 4) is 11.5 Å². The molecule has 1 aliphatic heterocycles. The highest BCUT2D eigenvalue weighted by Crippen LogP contribution is 2.49. The predicted molar refractivity (Wildman–Crippen MR) is 126 cm³/mol. The number of likely N-dealkylation sites (tertiary alicyclic amines) is 1. The van der Waals surface area contributed by atoms with E-state index >= 15 is 0 Å². The molecular formula is C24H31ClFN3O3. The van der Waals surface area contributed by atoms with Gasteiger partial charge in [-0.3, -0.25) is 0 Å². The molecule has 0 radical (unpaired) electrons. The van der Waals surface area contributed by atoms with Crippen LogP contribution in [0.1, 0.15) is 31.2 Å². The second kappa shape index (κ2) is 9.96. The van der Waals surface area contributed by atoms with Gasteiger partial charge in [0.15, 0.2) is 11.5 Å². The van der Waals surface area contributed by atoms with E-state index in [-0.39, 0.29) is 35.7 Å². The molecular weight excluding hydrogens is 433 g/mol. The lowest BCUT2D eigenvalue weighted by molar-refractivity contribution is 0.156. The summed E-state index contributed by atoms with van der Waals surface area (Å²) in [6, 6.07) is 12.2. The zero-order valence-corrected chi connectivity index (χ0v) is 19.5. The van der Waals surface area contributed by atoms with E-state index in [0.717, 1.165) is 43.7 Å². The number of hydrogen-bond donors (Lipinski definition) is 2. The van der Waals surface area contributed by atoms with Crippen LogP contribution in [0.15, 0.2) is 42.5 Å². The first-order valence-corrected chi connectivity index (χ1v) is 10.7. The Bertz CT molecular complexity index is 960. The summed E-state index contributed by atoms with van der Waals surface area (Å²) < 4.78 is 24.3. The van der Waals surface area contributed by atoms with Crippen LogP contribution in [-0.2, 0) is 5.41 Å². The van der Waals surface area contributed by atoms with Crippen LogP contribution in [0.25, 0.3) is 0 Å². The summed E-state index contributed by atoms with van der Waals surface area (Å²) in [5.41, 5.74) is 1.75. The highest BCUT2D eigenvalue weighted by atomic mass is 35.5. The maximum Gasteiger partial charge on any atom is 0.319 e. The number of carbonyl (C=O) groups is 1. The number of ether oxygens (including phenoxy) is 2. The molecule has 0 aromatic heterocycles. The van der Waals surface area contributed by atoms with Gasteiger partial charge in [0.2, 0.25) is 0 Å². The fourth-order valence-electron chi connectivity index (χ4n) is 5.31. The number of hydrogen-bond acceptors (Lipinski definition) is 4. The molecule has 2 amide bonds. The summed E-state index contributed by atoms with van der Waals surface area (Å²) in [5.74, 6) is 1.11. The van der Waals surface area contributed by atoms with Crippen LogP contribution in [0.4, 0.5) is 14.9 Å². The van der Waals surface area contributed by atoms with E-state index < -0.39 is 0 Å². The number of amides is 2.